The molecule has 0 aliphatic carbocycles. The quantitative estimate of drug-likeness (QED) is 0.845. The number of nitrogens with two attached hydrogens (primary N) is 1. The minimum absolute atomic E-state index is 0.142. The highest BCUT2D eigenvalue weighted by Crippen LogP contribution is 2.26. The summed E-state index contributed by atoms with van der Waals surface area (Å²) >= 11 is 1.60. The van der Waals surface area contributed by atoms with E-state index in [4.69, 9.17) is 5.73 Å². The Morgan fingerprint density at radius 1 is 1.35 bits per heavy atom. The summed E-state index contributed by atoms with van der Waals surface area (Å²) in [5.41, 5.74) is 7.80. The summed E-state index contributed by atoms with van der Waals surface area (Å²) in [6.45, 7) is 4.04. The molecule has 0 bridgehead atoms. The average Bonchev–Trinajstić information content (AvgIpc) is 2.82. The molecule has 4 nitrogen and oxygen atoms in total. The van der Waals surface area contributed by atoms with Crippen LogP contribution in [-0.4, -0.2) is 16.7 Å². The molecule has 0 fully saturated rings. The predicted octanol–water partition coefficient (Wildman–Crippen LogP) is 3.63. The molecule has 2 rings (SSSR count). The number of rotatable bonds is 4. The van der Waals surface area contributed by atoms with Crippen molar-refractivity contribution in [2.24, 2.45) is 0 Å². The van der Waals surface area contributed by atoms with E-state index in [1.54, 1.807) is 24.0 Å². The summed E-state index contributed by atoms with van der Waals surface area (Å²) in [4.78, 5) is 13.5. The number of aromatic nitrogens is 1. The number of hydrogen-bond donors (Lipinski definition) is 2. The van der Waals surface area contributed by atoms with E-state index < -0.39 is 0 Å². The van der Waals surface area contributed by atoms with Crippen LogP contribution in [0.3, 0.4) is 0 Å². The van der Waals surface area contributed by atoms with Gasteiger partial charge in [0.2, 0.25) is 0 Å². The summed E-state index contributed by atoms with van der Waals surface area (Å²) in [5, 5.41) is 2.95. The van der Waals surface area contributed by atoms with Gasteiger partial charge >= 0.3 is 0 Å². The summed E-state index contributed by atoms with van der Waals surface area (Å²) in [5.74, 6) is -0.142. The fourth-order valence-corrected chi connectivity index (χ4v) is 2.60. The second-order valence-corrected chi connectivity index (χ2v) is 5.66. The van der Waals surface area contributed by atoms with Crippen LogP contribution >= 0.6 is 11.8 Å². The van der Waals surface area contributed by atoms with Crippen molar-refractivity contribution < 1.29 is 4.79 Å². The highest BCUT2D eigenvalue weighted by Gasteiger charge is 2.15. The fourth-order valence-electron chi connectivity index (χ4n) is 2.04. The second kappa shape index (κ2) is 6.05. The van der Waals surface area contributed by atoms with E-state index in [-0.39, 0.29) is 11.9 Å². The van der Waals surface area contributed by atoms with E-state index >= 15 is 0 Å². The fraction of sp³-hybridized carbons (Fsp3) is 0.267. The summed E-state index contributed by atoms with van der Waals surface area (Å²) < 4.78 is 1.88. The van der Waals surface area contributed by atoms with E-state index in [0.717, 1.165) is 10.6 Å². The molecule has 0 spiro atoms. The van der Waals surface area contributed by atoms with Crippen LogP contribution in [0.2, 0.25) is 0 Å². The van der Waals surface area contributed by atoms with Gasteiger partial charge in [-0.05, 0) is 38.3 Å². The number of anilines is 2. The van der Waals surface area contributed by atoms with Crippen LogP contribution < -0.4 is 11.1 Å². The number of thioether (sulfide) groups is 1. The molecule has 106 valence electrons. The monoisotopic (exact) mass is 289 g/mol. The van der Waals surface area contributed by atoms with Gasteiger partial charge in [0.15, 0.2) is 0 Å². The number of benzene rings is 1. The van der Waals surface area contributed by atoms with Gasteiger partial charge in [0.05, 0.1) is 11.4 Å². The second-order valence-electron chi connectivity index (χ2n) is 4.81. The standard InChI is InChI=1S/C15H19N3OS/c1-10(2)18-9-11(16)8-13(18)15(19)17-12-6-4-5-7-14(12)20-3/h4-10H,16H2,1-3H3,(H,17,19). The molecule has 1 aromatic heterocycles. The number of para-hydroxylation sites is 1. The van der Waals surface area contributed by atoms with E-state index in [1.807, 2.05) is 48.9 Å². The van der Waals surface area contributed by atoms with Gasteiger partial charge in [0.25, 0.3) is 5.91 Å². The summed E-state index contributed by atoms with van der Waals surface area (Å²) in [6, 6.07) is 9.63. The Bertz CT molecular complexity index is 619. The van der Waals surface area contributed by atoms with Crippen molar-refractivity contribution >= 4 is 29.0 Å². The van der Waals surface area contributed by atoms with Crippen molar-refractivity contribution in [2.75, 3.05) is 17.3 Å². The van der Waals surface area contributed by atoms with Crippen LogP contribution in [-0.2, 0) is 0 Å². The van der Waals surface area contributed by atoms with Gasteiger partial charge in [0, 0.05) is 17.1 Å². The number of hydrogen-bond acceptors (Lipinski definition) is 3. The lowest BCUT2D eigenvalue weighted by atomic mass is 10.3. The molecule has 0 atom stereocenters. The highest BCUT2D eigenvalue weighted by molar-refractivity contribution is 7.98. The molecule has 1 heterocycles. The number of carbonyl (C=O) groups excluding carboxylic acids is 1. The Morgan fingerprint density at radius 2 is 2.05 bits per heavy atom. The van der Waals surface area contributed by atoms with Crippen LogP contribution in [0.4, 0.5) is 11.4 Å². The normalized spacial score (nSPS) is 10.8. The average molecular weight is 289 g/mol. The molecule has 5 heteroatoms. The maximum absolute atomic E-state index is 12.4. The summed E-state index contributed by atoms with van der Waals surface area (Å²) in [7, 11) is 0. The highest BCUT2D eigenvalue weighted by atomic mass is 32.2. The minimum Gasteiger partial charge on any atom is -0.397 e. The topological polar surface area (TPSA) is 60.1 Å². The smallest absolute Gasteiger partial charge is 0.272 e. The lowest BCUT2D eigenvalue weighted by Gasteiger charge is -2.13. The number of nitrogens with zero attached hydrogens (tertiary/aromatic N) is 1. The first-order valence-electron chi connectivity index (χ1n) is 6.44. The van der Waals surface area contributed by atoms with Crippen molar-refractivity contribution in [3.63, 3.8) is 0 Å². The molecule has 0 unspecified atom stereocenters. The van der Waals surface area contributed by atoms with E-state index in [0.29, 0.717) is 11.4 Å². The number of carbonyl (C=O) groups is 1. The molecule has 0 aliphatic rings. The predicted molar refractivity (Wildman–Crippen MR) is 85.4 cm³/mol. The van der Waals surface area contributed by atoms with Crippen molar-refractivity contribution in [1.29, 1.82) is 0 Å². The van der Waals surface area contributed by atoms with Crippen LogP contribution in [0.15, 0.2) is 41.4 Å². The third kappa shape index (κ3) is 2.99. The maximum Gasteiger partial charge on any atom is 0.272 e. The summed E-state index contributed by atoms with van der Waals surface area (Å²) in [6.07, 6.45) is 3.78. The maximum atomic E-state index is 12.4. The van der Waals surface area contributed by atoms with Crippen LogP contribution in [0.5, 0.6) is 0 Å². The van der Waals surface area contributed by atoms with E-state index in [9.17, 15) is 4.79 Å². The number of nitrogens with one attached hydrogen (secondary N) is 1. The molecule has 0 aliphatic heterocycles. The SMILES string of the molecule is CSc1ccccc1NC(=O)c1cc(N)cn1C(C)C. The Labute approximate surface area is 123 Å². The van der Waals surface area contributed by atoms with Crippen LogP contribution in [0.25, 0.3) is 0 Å². The lowest BCUT2D eigenvalue weighted by Crippen LogP contribution is -2.18. The zero-order chi connectivity index (χ0) is 14.7. The van der Waals surface area contributed by atoms with Gasteiger partial charge < -0.3 is 15.6 Å². The van der Waals surface area contributed by atoms with Crippen molar-refractivity contribution in [2.45, 2.75) is 24.8 Å². The molecule has 1 aromatic carbocycles. The van der Waals surface area contributed by atoms with Gasteiger partial charge in [0.1, 0.15) is 5.69 Å². The molecular weight excluding hydrogens is 270 g/mol. The van der Waals surface area contributed by atoms with Crippen molar-refractivity contribution in [3.8, 4) is 0 Å². The van der Waals surface area contributed by atoms with E-state index in [1.165, 1.54) is 0 Å². The Kier molecular flexibility index (Phi) is 4.39. The Balaban J connectivity index is 2.28. The number of nitrogen functional groups attached to an aromatic ring is 1. The van der Waals surface area contributed by atoms with Crippen LogP contribution in [0.1, 0.15) is 30.4 Å². The molecule has 1 amide bonds. The molecule has 0 saturated heterocycles. The third-order valence-corrected chi connectivity index (χ3v) is 3.81. The van der Waals surface area contributed by atoms with Gasteiger partial charge in [-0.25, -0.2) is 0 Å². The molecular formula is C15H19N3OS. The number of amides is 1. The van der Waals surface area contributed by atoms with Crippen molar-refractivity contribution in [3.05, 3.63) is 42.2 Å². The van der Waals surface area contributed by atoms with Crippen LogP contribution in [0, 0.1) is 0 Å². The first kappa shape index (κ1) is 14.5. The van der Waals surface area contributed by atoms with Crippen molar-refractivity contribution in [1.82, 2.24) is 4.57 Å². The van der Waals surface area contributed by atoms with Gasteiger partial charge in [-0.1, -0.05) is 12.1 Å². The zero-order valence-corrected chi connectivity index (χ0v) is 12.7. The minimum atomic E-state index is -0.142. The lowest BCUT2D eigenvalue weighted by molar-refractivity contribution is 0.101. The van der Waals surface area contributed by atoms with Gasteiger partial charge in [-0.3, -0.25) is 4.79 Å². The molecule has 2 aromatic rings. The van der Waals surface area contributed by atoms with Gasteiger partial charge in [-0.2, -0.15) is 0 Å². The third-order valence-electron chi connectivity index (χ3n) is 3.01. The first-order chi connectivity index (χ1) is 9.52. The molecule has 3 N–H and O–H groups in total. The molecule has 20 heavy (non-hydrogen) atoms. The van der Waals surface area contributed by atoms with Gasteiger partial charge in [-0.15, -0.1) is 11.8 Å². The Morgan fingerprint density at radius 3 is 2.70 bits per heavy atom. The first-order valence-corrected chi connectivity index (χ1v) is 7.67. The zero-order valence-electron chi connectivity index (χ0n) is 11.9. The molecule has 0 saturated carbocycles. The molecule has 0 radical (unpaired) electrons. The largest absolute Gasteiger partial charge is 0.397 e. The Hall–Kier alpha value is -1.88. The van der Waals surface area contributed by atoms with E-state index in [2.05, 4.69) is 5.32 Å².